The highest BCUT2D eigenvalue weighted by Gasteiger charge is 2.57. The molecule has 3 N–H and O–H groups in total. The third-order valence-electron chi connectivity index (χ3n) is 9.00. The highest BCUT2D eigenvalue weighted by atomic mass is 35.5. The van der Waals surface area contributed by atoms with Crippen molar-refractivity contribution in [1.82, 2.24) is 0 Å². The molecule has 0 bridgehead atoms. The van der Waals surface area contributed by atoms with E-state index in [1.807, 2.05) is 12.1 Å². The van der Waals surface area contributed by atoms with Crippen LogP contribution in [0, 0.1) is 23.2 Å². The number of primary amides is 1. The van der Waals surface area contributed by atoms with Crippen LogP contribution in [0.15, 0.2) is 42.5 Å². The number of fused-ring (bicyclic) bond motifs is 5. The number of aliphatic hydroxyl groups excluding tert-OH is 1. The topological polar surface area (TPSA) is 63.3 Å². The van der Waals surface area contributed by atoms with Crippen LogP contribution in [0.1, 0.15) is 71.1 Å². The predicted octanol–water partition coefficient (Wildman–Crippen LogP) is 5.25. The Morgan fingerprint density at radius 1 is 1.19 bits per heavy atom. The Balaban J connectivity index is 1.38. The zero-order valence-corrected chi connectivity index (χ0v) is 19.7. The van der Waals surface area contributed by atoms with Crippen LogP contribution in [-0.2, 0) is 19.3 Å². The van der Waals surface area contributed by atoms with Gasteiger partial charge in [0.05, 0.1) is 6.10 Å². The quantitative estimate of drug-likeness (QED) is 0.609. The molecular formula is C28H34ClNO2. The van der Waals surface area contributed by atoms with Crippen LogP contribution in [0.25, 0.3) is 0 Å². The van der Waals surface area contributed by atoms with Crippen molar-refractivity contribution in [3.63, 3.8) is 0 Å². The van der Waals surface area contributed by atoms with Crippen LogP contribution >= 0.6 is 11.6 Å². The Kier molecular flexibility index (Phi) is 5.84. The van der Waals surface area contributed by atoms with Crippen molar-refractivity contribution < 1.29 is 9.90 Å². The first-order valence-electron chi connectivity index (χ1n) is 12.1. The van der Waals surface area contributed by atoms with Crippen molar-refractivity contribution in [2.45, 2.75) is 63.9 Å². The first-order valence-corrected chi connectivity index (χ1v) is 12.7. The minimum atomic E-state index is -0.391. The van der Waals surface area contributed by atoms with E-state index in [2.05, 4.69) is 31.2 Å². The molecule has 2 aromatic rings. The molecule has 4 heteroatoms. The van der Waals surface area contributed by atoms with Gasteiger partial charge in [-0.25, -0.2) is 0 Å². The lowest BCUT2D eigenvalue weighted by Crippen LogP contribution is -2.44. The number of aryl methyl sites for hydroxylation is 2. The van der Waals surface area contributed by atoms with Crippen LogP contribution < -0.4 is 5.73 Å². The molecule has 2 saturated carbocycles. The van der Waals surface area contributed by atoms with E-state index in [0.29, 0.717) is 29.2 Å². The SMILES string of the molecule is C[C@]12CCC3c4ccc(CCCl)cc4CCC3C1C[C@H](Cc1cccc(C(N)=O)c1)[C@@H]2O. The van der Waals surface area contributed by atoms with E-state index in [-0.39, 0.29) is 17.4 Å². The van der Waals surface area contributed by atoms with Gasteiger partial charge in [-0.05, 0) is 108 Å². The van der Waals surface area contributed by atoms with E-state index in [9.17, 15) is 9.90 Å². The van der Waals surface area contributed by atoms with Gasteiger partial charge in [0.15, 0.2) is 0 Å². The number of rotatable bonds is 5. The summed E-state index contributed by atoms with van der Waals surface area (Å²) in [6.07, 6.45) is 7.14. The van der Waals surface area contributed by atoms with Crippen LogP contribution in [0.5, 0.6) is 0 Å². The Bertz CT molecular complexity index is 1020. The molecule has 2 aromatic carbocycles. The summed E-state index contributed by atoms with van der Waals surface area (Å²) >= 11 is 5.97. The van der Waals surface area contributed by atoms with Crippen molar-refractivity contribution in [3.05, 3.63) is 70.3 Å². The van der Waals surface area contributed by atoms with Gasteiger partial charge in [-0.15, -0.1) is 11.6 Å². The molecule has 0 radical (unpaired) electrons. The molecule has 3 nitrogen and oxygen atoms in total. The number of amides is 1. The summed E-state index contributed by atoms with van der Waals surface area (Å²) in [6, 6.07) is 14.7. The second-order valence-electron chi connectivity index (χ2n) is 10.6. The van der Waals surface area contributed by atoms with E-state index in [0.717, 1.165) is 37.7 Å². The summed E-state index contributed by atoms with van der Waals surface area (Å²) in [6.45, 7) is 2.33. The summed E-state index contributed by atoms with van der Waals surface area (Å²) in [5.74, 6) is 2.34. The molecule has 6 atom stereocenters. The molecule has 0 spiro atoms. The average molecular weight is 452 g/mol. The maximum absolute atomic E-state index is 11.6. The highest BCUT2D eigenvalue weighted by molar-refractivity contribution is 6.18. The monoisotopic (exact) mass is 451 g/mol. The number of alkyl halides is 1. The predicted molar refractivity (Wildman–Crippen MR) is 129 cm³/mol. The summed E-state index contributed by atoms with van der Waals surface area (Å²) in [7, 11) is 0. The maximum Gasteiger partial charge on any atom is 0.248 e. The van der Waals surface area contributed by atoms with Crippen LogP contribution in [0.3, 0.4) is 0 Å². The normalized spacial score (nSPS) is 33.3. The standard InChI is InChI=1S/C28H34ClNO2/c1-28-11-9-23-22-7-5-17(10-12-29)13-19(22)6-8-24(23)25(28)16-21(26(28)31)15-18-3-2-4-20(14-18)27(30)32/h2-5,7,13-14,21,23-26,31H,6,8-12,15-16H2,1H3,(H2,30,32)/t21-,23?,24?,25?,26-,28-/m0/s1. The lowest BCUT2D eigenvalue weighted by atomic mass is 9.55. The Hall–Kier alpha value is -1.84. The van der Waals surface area contributed by atoms with Crippen molar-refractivity contribution in [2.75, 3.05) is 5.88 Å². The first kappa shape index (κ1) is 22.0. The van der Waals surface area contributed by atoms with Gasteiger partial charge >= 0.3 is 0 Å². The number of hydrogen-bond donors (Lipinski definition) is 2. The van der Waals surface area contributed by atoms with Crippen LogP contribution in [-0.4, -0.2) is 23.0 Å². The van der Waals surface area contributed by atoms with Crippen molar-refractivity contribution >= 4 is 17.5 Å². The van der Waals surface area contributed by atoms with Gasteiger partial charge in [0, 0.05) is 11.4 Å². The second-order valence-corrected chi connectivity index (χ2v) is 11.0. The zero-order valence-electron chi connectivity index (χ0n) is 18.9. The van der Waals surface area contributed by atoms with Gasteiger partial charge in [-0.3, -0.25) is 4.79 Å². The molecule has 170 valence electrons. The number of carbonyl (C=O) groups is 1. The molecule has 32 heavy (non-hydrogen) atoms. The van der Waals surface area contributed by atoms with E-state index in [1.54, 1.807) is 11.6 Å². The van der Waals surface area contributed by atoms with Gasteiger partial charge in [-0.2, -0.15) is 0 Å². The van der Waals surface area contributed by atoms with E-state index in [4.69, 9.17) is 17.3 Å². The first-order chi connectivity index (χ1) is 15.4. The number of benzene rings is 2. The Labute approximate surface area is 196 Å². The van der Waals surface area contributed by atoms with Crippen LogP contribution in [0.4, 0.5) is 0 Å². The van der Waals surface area contributed by atoms with Crippen LogP contribution in [0.2, 0.25) is 0 Å². The smallest absolute Gasteiger partial charge is 0.248 e. The van der Waals surface area contributed by atoms with E-state index in [1.165, 1.54) is 24.0 Å². The molecule has 5 rings (SSSR count). The van der Waals surface area contributed by atoms with E-state index >= 15 is 0 Å². The molecule has 0 saturated heterocycles. The third kappa shape index (κ3) is 3.68. The summed E-state index contributed by atoms with van der Waals surface area (Å²) in [5.41, 5.74) is 11.5. The Morgan fingerprint density at radius 3 is 2.81 bits per heavy atom. The summed E-state index contributed by atoms with van der Waals surface area (Å²) < 4.78 is 0. The number of aliphatic hydroxyl groups is 1. The fourth-order valence-corrected chi connectivity index (χ4v) is 7.62. The minimum Gasteiger partial charge on any atom is -0.392 e. The molecule has 3 unspecified atom stereocenters. The van der Waals surface area contributed by atoms with Gasteiger partial charge in [0.1, 0.15) is 0 Å². The van der Waals surface area contributed by atoms with Gasteiger partial charge in [0.2, 0.25) is 5.91 Å². The fraction of sp³-hybridized carbons (Fsp3) is 0.536. The van der Waals surface area contributed by atoms with Gasteiger partial charge in [-0.1, -0.05) is 37.3 Å². The largest absolute Gasteiger partial charge is 0.392 e. The van der Waals surface area contributed by atoms with Gasteiger partial charge < -0.3 is 10.8 Å². The maximum atomic E-state index is 11.6. The lowest BCUT2D eigenvalue weighted by molar-refractivity contribution is -0.0325. The number of carbonyl (C=O) groups excluding carboxylic acids is 1. The molecule has 0 aromatic heterocycles. The van der Waals surface area contributed by atoms with E-state index < -0.39 is 5.91 Å². The summed E-state index contributed by atoms with van der Waals surface area (Å²) in [4.78, 5) is 11.6. The molecule has 3 aliphatic carbocycles. The van der Waals surface area contributed by atoms with Crippen molar-refractivity contribution in [2.24, 2.45) is 28.9 Å². The lowest BCUT2D eigenvalue weighted by Gasteiger charge is -2.50. The van der Waals surface area contributed by atoms with Gasteiger partial charge in [0.25, 0.3) is 0 Å². The zero-order chi connectivity index (χ0) is 22.5. The second kappa shape index (κ2) is 8.50. The molecule has 0 aliphatic heterocycles. The highest BCUT2D eigenvalue weighted by Crippen LogP contribution is 2.62. The Morgan fingerprint density at radius 2 is 2.03 bits per heavy atom. The van der Waals surface area contributed by atoms with Crippen molar-refractivity contribution in [3.8, 4) is 0 Å². The third-order valence-corrected chi connectivity index (χ3v) is 9.19. The van der Waals surface area contributed by atoms with Crippen molar-refractivity contribution in [1.29, 1.82) is 0 Å². The molecule has 2 fully saturated rings. The molecular weight excluding hydrogens is 418 g/mol. The minimum absolute atomic E-state index is 0.0107. The molecule has 3 aliphatic rings. The number of hydrogen-bond acceptors (Lipinski definition) is 2. The number of nitrogens with two attached hydrogens (primary N) is 1. The molecule has 1 amide bonds. The average Bonchev–Trinajstić information content (AvgIpc) is 3.04. The number of halogens is 1. The fourth-order valence-electron chi connectivity index (χ4n) is 7.40. The molecule has 0 heterocycles. The summed E-state index contributed by atoms with van der Waals surface area (Å²) in [5, 5.41) is 11.5.